The first-order valence-electron chi connectivity index (χ1n) is 8.13. The minimum absolute atomic E-state index is 0.0339. The van der Waals surface area contributed by atoms with Gasteiger partial charge in [-0.15, -0.1) is 0 Å². The summed E-state index contributed by atoms with van der Waals surface area (Å²) in [6.45, 7) is 4.47. The van der Waals surface area contributed by atoms with Crippen molar-refractivity contribution >= 4 is 0 Å². The van der Waals surface area contributed by atoms with Crippen LogP contribution in [0.1, 0.15) is 36.8 Å². The molecule has 116 valence electrons. The predicted molar refractivity (Wildman–Crippen MR) is 82.3 cm³/mol. The van der Waals surface area contributed by atoms with Crippen molar-refractivity contribution in [2.24, 2.45) is 5.92 Å². The van der Waals surface area contributed by atoms with Crippen molar-refractivity contribution in [3.63, 3.8) is 0 Å². The lowest BCUT2D eigenvalue weighted by Gasteiger charge is -2.44. The molecule has 2 heterocycles. The Morgan fingerprint density at radius 1 is 1.24 bits per heavy atom. The largest absolute Gasteiger partial charge is 0.392 e. The highest BCUT2D eigenvalue weighted by atomic mass is 16.5. The zero-order valence-corrected chi connectivity index (χ0v) is 12.9. The Morgan fingerprint density at radius 3 is 2.76 bits per heavy atom. The molecule has 3 rings (SSSR count). The van der Waals surface area contributed by atoms with Gasteiger partial charge in [-0.1, -0.05) is 24.3 Å². The van der Waals surface area contributed by atoms with Gasteiger partial charge in [-0.25, -0.2) is 0 Å². The van der Waals surface area contributed by atoms with Crippen LogP contribution < -0.4 is 0 Å². The topological polar surface area (TPSA) is 38.7 Å². The quantitative estimate of drug-likeness (QED) is 0.930. The monoisotopic (exact) mass is 290 g/mol. The second-order valence-corrected chi connectivity index (χ2v) is 6.59. The van der Waals surface area contributed by atoms with E-state index < -0.39 is 0 Å². The van der Waals surface area contributed by atoms with Gasteiger partial charge >= 0.3 is 0 Å². The Bertz CT molecular complexity index is 460. The van der Waals surface area contributed by atoms with Crippen molar-refractivity contribution in [3.05, 3.63) is 35.4 Å². The Hall–Kier alpha value is -0.900. The highest BCUT2D eigenvalue weighted by Gasteiger charge is 2.40. The van der Waals surface area contributed by atoms with Crippen molar-refractivity contribution in [2.45, 2.75) is 50.7 Å². The molecule has 0 aliphatic carbocycles. The van der Waals surface area contributed by atoms with Gasteiger partial charge in [0.05, 0.1) is 11.7 Å². The van der Waals surface area contributed by atoms with E-state index in [9.17, 15) is 5.11 Å². The van der Waals surface area contributed by atoms with Crippen LogP contribution >= 0.6 is 0 Å². The van der Waals surface area contributed by atoms with Crippen LogP contribution in [0.2, 0.25) is 0 Å². The van der Waals surface area contributed by atoms with Gasteiger partial charge in [0.15, 0.2) is 0 Å². The summed E-state index contributed by atoms with van der Waals surface area (Å²) in [5, 5.41) is 10.7. The third-order valence-corrected chi connectivity index (χ3v) is 5.17. The number of aliphatic hydroxyl groups is 1. The summed E-state index contributed by atoms with van der Waals surface area (Å²) < 4.78 is 11.5. The standard InChI is InChI=1S/C18H26O3/c1-14-4-2-3-5-15(14)12-17(19)16-6-9-21-18(13-16)7-10-20-11-8-18/h2-5,16-17,19H,6-13H2,1H3. The van der Waals surface area contributed by atoms with E-state index in [0.717, 1.165) is 51.9 Å². The molecule has 21 heavy (non-hydrogen) atoms. The van der Waals surface area contributed by atoms with Crippen LogP contribution in [0.5, 0.6) is 0 Å². The molecule has 0 radical (unpaired) electrons. The summed E-state index contributed by atoms with van der Waals surface area (Å²) >= 11 is 0. The zero-order valence-electron chi connectivity index (χ0n) is 12.9. The lowest BCUT2D eigenvalue weighted by molar-refractivity contribution is -0.158. The molecule has 0 saturated carbocycles. The third kappa shape index (κ3) is 3.47. The summed E-state index contributed by atoms with van der Waals surface area (Å²) in [6.07, 6.45) is 4.37. The van der Waals surface area contributed by atoms with Crippen LogP contribution in [-0.4, -0.2) is 36.6 Å². The molecule has 1 spiro atoms. The molecule has 3 heteroatoms. The SMILES string of the molecule is Cc1ccccc1CC(O)C1CCOC2(CCOCC2)C1. The van der Waals surface area contributed by atoms with E-state index in [1.165, 1.54) is 11.1 Å². The van der Waals surface area contributed by atoms with Crippen LogP contribution in [0.4, 0.5) is 0 Å². The number of hydrogen-bond donors (Lipinski definition) is 1. The molecule has 0 amide bonds. The highest BCUT2D eigenvalue weighted by Crippen LogP contribution is 2.38. The normalized spacial score (nSPS) is 26.7. The van der Waals surface area contributed by atoms with Gasteiger partial charge < -0.3 is 14.6 Å². The number of ether oxygens (including phenoxy) is 2. The van der Waals surface area contributed by atoms with Crippen molar-refractivity contribution in [2.75, 3.05) is 19.8 Å². The second kappa shape index (κ2) is 6.47. The van der Waals surface area contributed by atoms with Crippen molar-refractivity contribution in [3.8, 4) is 0 Å². The number of benzene rings is 1. The summed E-state index contributed by atoms with van der Waals surface area (Å²) in [5.74, 6) is 0.344. The van der Waals surface area contributed by atoms with E-state index in [1.54, 1.807) is 0 Å². The van der Waals surface area contributed by atoms with Gasteiger partial charge in [0.1, 0.15) is 0 Å². The van der Waals surface area contributed by atoms with Gasteiger partial charge in [0, 0.05) is 19.8 Å². The first-order valence-corrected chi connectivity index (χ1v) is 8.13. The van der Waals surface area contributed by atoms with Crippen molar-refractivity contribution in [1.29, 1.82) is 0 Å². The first kappa shape index (κ1) is 15.0. The van der Waals surface area contributed by atoms with Gasteiger partial charge in [0.2, 0.25) is 0 Å². The van der Waals surface area contributed by atoms with Crippen LogP contribution in [0.25, 0.3) is 0 Å². The fourth-order valence-corrected chi connectivity index (χ4v) is 3.72. The second-order valence-electron chi connectivity index (χ2n) is 6.59. The number of hydrogen-bond acceptors (Lipinski definition) is 3. The molecular weight excluding hydrogens is 264 g/mol. The van der Waals surface area contributed by atoms with E-state index in [2.05, 4.69) is 31.2 Å². The van der Waals surface area contributed by atoms with Crippen LogP contribution in [-0.2, 0) is 15.9 Å². The molecule has 0 bridgehead atoms. The molecule has 3 nitrogen and oxygen atoms in total. The summed E-state index contributed by atoms with van der Waals surface area (Å²) in [6, 6.07) is 8.35. The fourth-order valence-electron chi connectivity index (χ4n) is 3.72. The van der Waals surface area contributed by atoms with Crippen molar-refractivity contribution < 1.29 is 14.6 Å². The molecule has 1 N–H and O–H groups in total. The molecule has 1 aromatic rings. The zero-order chi connectivity index (χ0) is 14.7. The number of rotatable bonds is 3. The predicted octanol–water partition coefficient (Wildman–Crippen LogP) is 2.87. The summed E-state index contributed by atoms with van der Waals surface area (Å²) in [7, 11) is 0. The summed E-state index contributed by atoms with van der Waals surface area (Å²) in [5.41, 5.74) is 2.50. The van der Waals surface area contributed by atoms with E-state index in [-0.39, 0.29) is 11.7 Å². The molecular formula is C18H26O3. The summed E-state index contributed by atoms with van der Waals surface area (Å²) in [4.78, 5) is 0. The van der Waals surface area contributed by atoms with E-state index in [1.807, 2.05) is 0 Å². The number of aliphatic hydroxyl groups excluding tert-OH is 1. The van der Waals surface area contributed by atoms with Gasteiger partial charge in [0.25, 0.3) is 0 Å². The smallest absolute Gasteiger partial charge is 0.0730 e. The first-order chi connectivity index (χ1) is 10.2. The molecule has 0 aromatic heterocycles. The maximum atomic E-state index is 10.7. The molecule has 2 aliphatic heterocycles. The third-order valence-electron chi connectivity index (χ3n) is 5.17. The lowest BCUT2D eigenvalue weighted by atomic mass is 9.77. The number of aryl methyl sites for hydroxylation is 1. The Balaban J connectivity index is 1.64. The minimum Gasteiger partial charge on any atom is -0.392 e. The molecule has 2 aliphatic rings. The maximum absolute atomic E-state index is 10.7. The van der Waals surface area contributed by atoms with E-state index >= 15 is 0 Å². The van der Waals surface area contributed by atoms with Crippen LogP contribution in [0.3, 0.4) is 0 Å². The average molecular weight is 290 g/mol. The van der Waals surface area contributed by atoms with E-state index in [4.69, 9.17) is 9.47 Å². The molecule has 2 atom stereocenters. The molecule has 2 fully saturated rings. The van der Waals surface area contributed by atoms with E-state index in [0.29, 0.717) is 5.92 Å². The van der Waals surface area contributed by atoms with Gasteiger partial charge in [-0.2, -0.15) is 0 Å². The molecule has 1 aromatic carbocycles. The van der Waals surface area contributed by atoms with Crippen LogP contribution in [0.15, 0.2) is 24.3 Å². The Morgan fingerprint density at radius 2 is 2.00 bits per heavy atom. The Labute approximate surface area is 127 Å². The Kier molecular flexibility index (Phi) is 4.63. The molecule has 2 saturated heterocycles. The lowest BCUT2D eigenvalue weighted by Crippen LogP contribution is -2.47. The minimum atomic E-state index is -0.269. The maximum Gasteiger partial charge on any atom is 0.0730 e. The van der Waals surface area contributed by atoms with Gasteiger partial charge in [-0.05, 0) is 56.1 Å². The van der Waals surface area contributed by atoms with Crippen molar-refractivity contribution in [1.82, 2.24) is 0 Å². The van der Waals surface area contributed by atoms with Gasteiger partial charge in [-0.3, -0.25) is 0 Å². The fraction of sp³-hybridized carbons (Fsp3) is 0.667. The highest BCUT2D eigenvalue weighted by molar-refractivity contribution is 5.26. The van der Waals surface area contributed by atoms with Crippen LogP contribution in [0, 0.1) is 12.8 Å². The average Bonchev–Trinajstić information content (AvgIpc) is 2.50. The molecule has 2 unspecified atom stereocenters.